The first-order valence-corrected chi connectivity index (χ1v) is 10.4. The molecule has 0 spiro atoms. The first-order valence-electron chi connectivity index (χ1n) is 10.4. The molecule has 9 heteroatoms. The average Bonchev–Trinajstić information content (AvgIpc) is 3.13. The van der Waals surface area contributed by atoms with Crippen LogP contribution in [0.1, 0.15) is 32.3 Å². The molecule has 2 unspecified atom stereocenters. The number of halogens is 3. The van der Waals surface area contributed by atoms with Gasteiger partial charge in [0.2, 0.25) is 0 Å². The highest BCUT2D eigenvalue weighted by Crippen LogP contribution is 2.59. The fourth-order valence-electron chi connectivity index (χ4n) is 4.87. The summed E-state index contributed by atoms with van der Waals surface area (Å²) in [5.74, 6) is 1.10. The molecule has 1 saturated heterocycles. The number of fused-ring (bicyclic) bond motifs is 1. The van der Waals surface area contributed by atoms with Crippen LogP contribution in [-0.4, -0.2) is 53.6 Å². The molecule has 0 aromatic carbocycles. The molecule has 2 atom stereocenters. The standard InChI is InChI=1S/C21H28F3N5O/c1-10(2)28-17(19-14-4-13(5-15(14)19)29-8-12(22)9-29)6-16(25)11-3-18(30-21(23)24)20(26)27-7-11/h3,6-7,10,12-15,19,21H,4-5,8-9,25H2,1-2H3,(H2,26,27). The minimum atomic E-state index is -2.99. The van der Waals surface area contributed by atoms with E-state index >= 15 is 0 Å². The van der Waals surface area contributed by atoms with Gasteiger partial charge in [0.05, 0.1) is 0 Å². The van der Waals surface area contributed by atoms with Crippen molar-refractivity contribution in [1.82, 2.24) is 9.88 Å². The van der Waals surface area contributed by atoms with Crippen molar-refractivity contribution in [2.75, 3.05) is 18.8 Å². The minimum absolute atomic E-state index is 0.103. The van der Waals surface area contributed by atoms with Gasteiger partial charge >= 0.3 is 6.61 Å². The summed E-state index contributed by atoms with van der Waals surface area (Å²) in [5, 5.41) is 0. The Bertz CT molecular complexity index is 841. The first kappa shape index (κ1) is 21.0. The SMILES string of the molecule is CC(C)N=C(C=C(N)c1cnc(N)c(OC(F)F)c1)C1C2CC(N3CC(F)C3)CC21. The lowest BCUT2D eigenvalue weighted by Gasteiger charge is -2.40. The molecule has 0 radical (unpaired) electrons. The molecule has 0 amide bonds. The van der Waals surface area contributed by atoms with Crippen molar-refractivity contribution in [3.8, 4) is 5.75 Å². The Kier molecular flexibility index (Phi) is 5.65. The van der Waals surface area contributed by atoms with E-state index in [1.54, 1.807) is 0 Å². The number of ether oxygens (including phenoxy) is 1. The van der Waals surface area contributed by atoms with E-state index in [2.05, 4.69) is 14.6 Å². The molecule has 6 nitrogen and oxygen atoms in total. The zero-order chi connectivity index (χ0) is 21.6. The molecule has 3 fully saturated rings. The lowest BCUT2D eigenvalue weighted by Crippen LogP contribution is -2.53. The fraction of sp³-hybridized carbons (Fsp3) is 0.619. The van der Waals surface area contributed by atoms with Crippen LogP contribution in [0.4, 0.5) is 19.0 Å². The van der Waals surface area contributed by atoms with Gasteiger partial charge < -0.3 is 16.2 Å². The third-order valence-electron chi connectivity index (χ3n) is 6.29. The Morgan fingerprint density at radius 3 is 2.53 bits per heavy atom. The Morgan fingerprint density at radius 1 is 1.30 bits per heavy atom. The number of nitrogens with two attached hydrogens (primary N) is 2. The lowest BCUT2D eigenvalue weighted by atomic mass is 9.98. The molecule has 4 rings (SSSR count). The van der Waals surface area contributed by atoms with E-state index in [9.17, 15) is 13.2 Å². The van der Waals surface area contributed by atoms with Gasteiger partial charge in [-0.15, -0.1) is 0 Å². The van der Waals surface area contributed by atoms with Gasteiger partial charge in [-0.2, -0.15) is 8.78 Å². The number of aliphatic imine (C=N–C) groups is 1. The van der Waals surface area contributed by atoms with Gasteiger partial charge in [-0.05, 0) is 50.7 Å². The number of hydrogen-bond acceptors (Lipinski definition) is 6. The van der Waals surface area contributed by atoms with E-state index in [-0.39, 0.29) is 17.6 Å². The summed E-state index contributed by atoms with van der Waals surface area (Å²) in [4.78, 5) is 10.9. The number of allylic oxidation sites excluding steroid dienone is 1. The molecule has 164 valence electrons. The second-order valence-electron chi connectivity index (χ2n) is 8.76. The molecule has 3 aliphatic rings. The van der Waals surface area contributed by atoms with Crippen molar-refractivity contribution in [3.63, 3.8) is 0 Å². The van der Waals surface area contributed by atoms with Crippen molar-refractivity contribution in [2.24, 2.45) is 28.5 Å². The zero-order valence-corrected chi connectivity index (χ0v) is 17.1. The zero-order valence-electron chi connectivity index (χ0n) is 17.1. The highest BCUT2D eigenvalue weighted by atomic mass is 19.3. The van der Waals surface area contributed by atoms with Crippen molar-refractivity contribution in [2.45, 2.75) is 51.6 Å². The van der Waals surface area contributed by atoms with Crippen LogP contribution in [0.5, 0.6) is 5.75 Å². The number of rotatable bonds is 7. The maximum absolute atomic E-state index is 13.2. The molecule has 2 saturated carbocycles. The van der Waals surface area contributed by atoms with Gasteiger partial charge in [0, 0.05) is 54.3 Å². The Labute approximate surface area is 174 Å². The van der Waals surface area contributed by atoms with Gasteiger partial charge in [0.25, 0.3) is 0 Å². The van der Waals surface area contributed by atoms with Crippen LogP contribution >= 0.6 is 0 Å². The largest absolute Gasteiger partial charge is 0.431 e. The van der Waals surface area contributed by atoms with E-state index in [0.29, 0.717) is 48.1 Å². The molecule has 4 N–H and O–H groups in total. The second kappa shape index (κ2) is 8.09. The molecule has 2 heterocycles. The molecule has 0 bridgehead atoms. The van der Waals surface area contributed by atoms with Crippen molar-refractivity contribution < 1.29 is 17.9 Å². The number of nitrogen functional groups attached to an aromatic ring is 1. The number of nitrogens with zero attached hydrogens (tertiary/aromatic N) is 3. The fourth-order valence-corrected chi connectivity index (χ4v) is 4.87. The number of likely N-dealkylation sites (tertiary alicyclic amines) is 1. The van der Waals surface area contributed by atoms with Crippen LogP contribution in [-0.2, 0) is 0 Å². The molecule has 1 aromatic rings. The Morgan fingerprint density at radius 2 is 1.97 bits per heavy atom. The summed E-state index contributed by atoms with van der Waals surface area (Å²) in [6, 6.07) is 1.94. The van der Waals surface area contributed by atoms with Gasteiger partial charge in [-0.3, -0.25) is 9.89 Å². The predicted molar refractivity (Wildman–Crippen MR) is 110 cm³/mol. The number of alkyl halides is 3. The minimum Gasteiger partial charge on any atom is -0.431 e. The van der Waals surface area contributed by atoms with Crippen molar-refractivity contribution in [3.05, 3.63) is 23.9 Å². The maximum Gasteiger partial charge on any atom is 0.387 e. The summed E-state index contributed by atoms with van der Waals surface area (Å²) < 4.78 is 42.7. The van der Waals surface area contributed by atoms with E-state index < -0.39 is 12.8 Å². The predicted octanol–water partition coefficient (Wildman–Crippen LogP) is 3.09. The number of aromatic nitrogens is 1. The third kappa shape index (κ3) is 4.26. The van der Waals surface area contributed by atoms with Crippen molar-refractivity contribution >= 4 is 17.2 Å². The van der Waals surface area contributed by atoms with Crippen LogP contribution in [0.25, 0.3) is 5.70 Å². The summed E-state index contributed by atoms with van der Waals surface area (Å²) in [7, 11) is 0. The maximum atomic E-state index is 13.2. The van der Waals surface area contributed by atoms with E-state index in [1.165, 1.54) is 12.3 Å². The second-order valence-corrected chi connectivity index (χ2v) is 8.76. The van der Waals surface area contributed by atoms with E-state index in [0.717, 1.165) is 18.6 Å². The Balaban J connectivity index is 1.49. The summed E-state index contributed by atoms with van der Waals surface area (Å²) >= 11 is 0. The van der Waals surface area contributed by atoms with Gasteiger partial charge in [-0.25, -0.2) is 9.37 Å². The monoisotopic (exact) mass is 423 g/mol. The topological polar surface area (TPSA) is 89.8 Å². The quantitative estimate of drug-likeness (QED) is 0.658. The van der Waals surface area contributed by atoms with Crippen LogP contribution in [0.15, 0.2) is 23.3 Å². The van der Waals surface area contributed by atoms with Crippen LogP contribution < -0.4 is 16.2 Å². The van der Waals surface area contributed by atoms with E-state index in [4.69, 9.17) is 16.5 Å². The third-order valence-corrected chi connectivity index (χ3v) is 6.29. The number of anilines is 1. The average molecular weight is 423 g/mol. The van der Waals surface area contributed by atoms with Crippen LogP contribution in [0, 0.1) is 17.8 Å². The van der Waals surface area contributed by atoms with Gasteiger partial charge in [0.15, 0.2) is 11.6 Å². The van der Waals surface area contributed by atoms with Crippen LogP contribution in [0.3, 0.4) is 0 Å². The van der Waals surface area contributed by atoms with Crippen LogP contribution in [0.2, 0.25) is 0 Å². The Hall–Kier alpha value is -2.29. The molecular formula is C21H28F3N5O. The highest BCUT2D eigenvalue weighted by Gasteiger charge is 2.59. The van der Waals surface area contributed by atoms with Crippen molar-refractivity contribution in [1.29, 1.82) is 0 Å². The highest BCUT2D eigenvalue weighted by molar-refractivity contribution is 6.04. The summed E-state index contributed by atoms with van der Waals surface area (Å²) in [6.07, 6.45) is 4.70. The molecular weight excluding hydrogens is 395 g/mol. The first-order chi connectivity index (χ1) is 14.2. The smallest absolute Gasteiger partial charge is 0.387 e. The molecule has 1 aliphatic heterocycles. The molecule has 2 aliphatic carbocycles. The van der Waals surface area contributed by atoms with E-state index in [1.807, 2.05) is 19.9 Å². The van der Waals surface area contributed by atoms with Gasteiger partial charge in [0.1, 0.15) is 6.17 Å². The summed E-state index contributed by atoms with van der Waals surface area (Å²) in [5.41, 5.74) is 13.6. The number of pyridine rings is 1. The number of hydrogen-bond donors (Lipinski definition) is 2. The van der Waals surface area contributed by atoms with Gasteiger partial charge in [-0.1, -0.05) is 0 Å². The molecule has 1 aromatic heterocycles. The lowest BCUT2D eigenvalue weighted by molar-refractivity contribution is -0.0495. The molecule has 30 heavy (non-hydrogen) atoms. The summed E-state index contributed by atoms with van der Waals surface area (Å²) in [6.45, 7) is 2.13. The normalized spacial score (nSPS) is 30.0.